The lowest BCUT2D eigenvalue weighted by Crippen LogP contribution is -2.17. The third-order valence-electron chi connectivity index (χ3n) is 4.25. The maximum Gasteiger partial charge on any atom is 0.339 e. The summed E-state index contributed by atoms with van der Waals surface area (Å²) < 4.78 is 36.9. The fraction of sp³-hybridized carbons (Fsp3) is 0.0909. The van der Waals surface area contributed by atoms with Crippen molar-refractivity contribution in [3.05, 3.63) is 91.5 Å². The lowest BCUT2D eigenvalue weighted by molar-refractivity contribution is -0.385. The van der Waals surface area contributed by atoms with Crippen LogP contribution in [0.25, 0.3) is 0 Å². The van der Waals surface area contributed by atoms with Gasteiger partial charge in [0.1, 0.15) is 4.90 Å². The number of carbonyl (C=O) groups excluding carboxylic acids is 1. The highest BCUT2D eigenvalue weighted by atomic mass is 127. The number of halogens is 1. The molecule has 3 aromatic carbocycles. The predicted octanol–water partition coefficient (Wildman–Crippen LogP) is 4.13. The number of hydrogen-bond donors (Lipinski definition) is 1. The quantitative estimate of drug-likeness (QED) is 0.129. The number of benzene rings is 3. The van der Waals surface area contributed by atoms with Gasteiger partial charge in [-0.05, 0) is 77.5 Å². The molecule has 12 heteroatoms. The van der Waals surface area contributed by atoms with Crippen molar-refractivity contribution < 1.29 is 27.1 Å². The van der Waals surface area contributed by atoms with Gasteiger partial charge in [-0.25, -0.2) is 5.43 Å². The van der Waals surface area contributed by atoms with Gasteiger partial charge in [-0.3, -0.25) is 14.9 Å². The van der Waals surface area contributed by atoms with Crippen LogP contribution in [-0.2, 0) is 10.1 Å². The largest absolute Gasteiger partial charge is 0.490 e. The molecule has 0 saturated heterocycles. The first kappa shape index (κ1) is 25.1. The zero-order chi connectivity index (χ0) is 24.7. The molecule has 176 valence electrons. The summed E-state index contributed by atoms with van der Waals surface area (Å²) in [7, 11) is -4.36. The van der Waals surface area contributed by atoms with Crippen LogP contribution in [0.1, 0.15) is 22.8 Å². The second kappa shape index (κ2) is 11.1. The van der Waals surface area contributed by atoms with Gasteiger partial charge in [-0.15, -0.1) is 0 Å². The molecule has 0 aliphatic heterocycles. The molecule has 0 atom stereocenters. The first-order valence-electron chi connectivity index (χ1n) is 9.74. The van der Waals surface area contributed by atoms with E-state index in [1.165, 1.54) is 42.6 Å². The minimum absolute atomic E-state index is 0.103. The average Bonchev–Trinajstić information content (AvgIpc) is 2.80. The SMILES string of the molecule is CCOc1cc(/C=N\NC(=O)c2cccc(I)c2)ccc1OS(=O)(=O)c1cccc([N+](=O)[O-])c1. The maximum atomic E-state index is 12.6. The van der Waals surface area contributed by atoms with Gasteiger partial charge >= 0.3 is 10.1 Å². The lowest BCUT2D eigenvalue weighted by Gasteiger charge is -2.12. The second-order valence-electron chi connectivity index (χ2n) is 6.64. The van der Waals surface area contributed by atoms with E-state index in [-0.39, 0.29) is 34.6 Å². The number of rotatable bonds is 9. The summed E-state index contributed by atoms with van der Waals surface area (Å²) in [6.45, 7) is 1.93. The molecule has 0 aliphatic rings. The number of amides is 1. The maximum absolute atomic E-state index is 12.6. The van der Waals surface area contributed by atoms with Gasteiger partial charge in [0.25, 0.3) is 11.6 Å². The Bertz CT molecular complexity index is 1360. The summed E-state index contributed by atoms with van der Waals surface area (Å²) in [6, 6.07) is 15.9. The highest BCUT2D eigenvalue weighted by molar-refractivity contribution is 14.1. The van der Waals surface area contributed by atoms with Gasteiger partial charge in [0.2, 0.25) is 0 Å². The predicted molar refractivity (Wildman–Crippen MR) is 133 cm³/mol. The van der Waals surface area contributed by atoms with E-state index in [1.54, 1.807) is 25.1 Å². The summed E-state index contributed by atoms with van der Waals surface area (Å²) in [5.74, 6) is -0.374. The third kappa shape index (κ3) is 6.51. The number of nitrogens with zero attached hydrogens (tertiary/aromatic N) is 2. The number of hydrogen-bond acceptors (Lipinski definition) is 8. The number of ether oxygens (including phenoxy) is 1. The van der Waals surface area contributed by atoms with E-state index in [1.807, 2.05) is 6.07 Å². The van der Waals surface area contributed by atoms with Crippen molar-refractivity contribution in [2.45, 2.75) is 11.8 Å². The number of hydrazone groups is 1. The van der Waals surface area contributed by atoms with Gasteiger partial charge in [0, 0.05) is 21.3 Å². The van der Waals surface area contributed by atoms with E-state index in [4.69, 9.17) is 8.92 Å². The fourth-order valence-electron chi connectivity index (χ4n) is 2.72. The Hall–Kier alpha value is -3.52. The van der Waals surface area contributed by atoms with Crippen molar-refractivity contribution in [3.8, 4) is 11.5 Å². The molecular formula is C22H18IN3O7S. The normalized spacial score (nSPS) is 11.2. The molecule has 0 fully saturated rings. The Kier molecular flexibility index (Phi) is 8.17. The van der Waals surface area contributed by atoms with Gasteiger partial charge in [0.05, 0.1) is 17.7 Å². The molecule has 10 nitrogen and oxygen atoms in total. The smallest absolute Gasteiger partial charge is 0.339 e. The third-order valence-corrected chi connectivity index (χ3v) is 6.15. The van der Waals surface area contributed by atoms with Crippen molar-refractivity contribution in [3.63, 3.8) is 0 Å². The summed E-state index contributed by atoms with van der Waals surface area (Å²) in [6.07, 6.45) is 1.37. The number of nitro groups is 1. The first-order chi connectivity index (χ1) is 16.2. The molecular weight excluding hydrogens is 577 g/mol. The van der Waals surface area contributed by atoms with Crippen molar-refractivity contribution in [2.24, 2.45) is 5.10 Å². The summed E-state index contributed by atoms with van der Waals surface area (Å²) in [5, 5.41) is 14.9. The van der Waals surface area contributed by atoms with Crippen LogP contribution in [0.15, 0.2) is 76.7 Å². The Morgan fingerprint density at radius 3 is 2.59 bits per heavy atom. The van der Waals surface area contributed by atoms with Crippen molar-refractivity contribution in [1.29, 1.82) is 0 Å². The molecule has 0 bridgehead atoms. The van der Waals surface area contributed by atoms with E-state index in [0.29, 0.717) is 11.1 Å². The van der Waals surface area contributed by atoms with Crippen LogP contribution in [0.5, 0.6) is 11.5 Å². The van der Waals surface area contributed by atoms with Crippen LogP contribution in [0, 0.1) is 13.7 Å². The summed E-state index contributed by atoms with van der Waals surface area (Å²) in [5.41, 5.74) is 3.00. The minimum atomic E-state index is -4.36. The molecule has 0 saturated carbocycles. The van der Waals surface area contributed by atoms with Gasteiger partial charge in [-0.2, -0.15) is 13.5 Å². The molecule has 3 rings (SSSR count). The summed E-state index contributed by atoms with van der Waals surface area (Å²) >= 11 is 2.10. The second-order valence-corrected chi connectivity index (χ2v) is 9.43. The zero-order valence-corrected chi connectivity index (χ0v) is 20.6. The molecule has 0 spiro atoms. The van der Waals surface area contributed by atoms with E-state index in [2.05, 4.69) is 33.1 Å². The van der Waals surface area contributed by atoms with Gasteiger partial charge in [0.15, 0.2) is 11.5 Å². The highest BCUT2D eigenvalue weighted by Crippen LogP contribution is 2.31. The molecule has 0 unspecified atom stereocenters. The molecule has 0 aromatic heterocycles. The van der Waals surface area contributed by atoms with E-state index in [9.17, 15) is 23.3 Å². The number of nitrogens with one attached hydrogen (secondary N) is 1. The fourth-order valence-corrected chi connectivity index (χ4v) is 4.24. The van der Waals surface area contributed by atoms with Crippen molar-refractivity contribution in [1.82, 2.24) is 5.43 Å². The molecule has 3 aromatic rings. The molecule has 34 heavy (non-hydrogen) atoms. The van der Waals surface area contributed by atoms with Crippen LogP contribution < -0.4 is 14.3 Å². The van der Waals surface area contributed by atoms with E-state index in [0.717, 1.165) is 9.64 Å². The Morgan fingerprint density at radius 1 is 1.12 bits per heavy atom. The Labute approximate surface area is 209 Å². The van der Waals surface area contributed by atoms with Crippen molar-refractivity contribution in [2.75, 3.05) is 6.61 Å². The Morgan fingerprint density at radius 2 is 1.88 bits per heavy atom. The minimum Gasteiger partial charge on any atom is -0.490 e. The van der Waals surface area contributed by atoms with E-state index >= 15 is 0 Å². The average molecular weight is 595 g/mol. The molecule has 0 radical (unpaired) electrons. The van der Waals surface area contributed by atoms with Crippen LogP contribution >= 0.6 is 22.6 Å². The zero-order valence-electron chi connectivity index (χ0n) is 17.7. The van der Waals surface area contributed by atoms with Crippen LogP contribution in [0.4, 0.5) is 5.69 Å². The van der Waals surface area contributed by atoms with E-state index < -0.39 is 15.0 Å². The molecule has 0 heterocycles. The van der Waals surface area contributed by atoms with Gasteiger partial charge in [-0.1, -0.05) is 12.1 Å². The van der Waals surface area contributed by atoms with Crippen LogP contribution in [-0.4, -0.2) is 32.1 Å². The first-order valence-corrected chi connectivity index (χ1v) is 12.2. The van der Waals surface area contributed by atoms with Crippen molar-refractivity contribution >= 4 is 50.5 Å². The standard InChI is InChI=1S/C22H18IN3O7S/c1-2-32-21-11-15(14-24-25-22(27)16-5-3-6-17(23)12-16)9-10-20(21)33-34(30,31)19-8-4-7-18(13-19)26(28)29/h3-14H,2H2,1H3,(H,25,27)/b24-14-. The summed E-state index contributed by atoms with van der Waals surface area (Å²) in [4.78, 5) is 22.1. The number of carbonyl (C=O) groups is 1. The Balaban J connectivity index is 1.78. The highest BCUT2D eigenvalue weighted by Gasteiger charge is 2.22. The van der Waals surface area contributed by atoms with Crippen LogP contribution in [0.2, 0.25) is 0 Å². The number of nitro benzene ring substituents is 1. The lowest BCUT2D eigenvalue weighted by atomic mass is 10.2. The van der Waals surface area contributed by atoms with Crippen LogP contribution in [0.3, 0.4) is 0 Å². The van der Waals surface area contributed by atoms with Gasteiger partial charge < -0.3 is 8.92 Å². The molecule has 1 N–H and O–H groups in total. The topological polar surface area (TPSA) is 137 Å². The monoisotopic (exact) mass is 595 g/mol. The molecule has 0 aliphatic carbocycles. The molecule has 1 amide bonds. The number of non-ortho nitro benzene ring substituents is 1.